The van der Waals surface area contributed by atoms with Gasteiger partial charge in [-0.1, -0.05) is 35.9 Å². The zero-order valence-electron chi connectivity index (χ0n) is 15.1. The molecule has 0 atom stereocenters. The number of amidine groups is 1. The number of thioether (sulfide) groups is 1. The molecule has 0 radical (unpaired) electrons. The summed E-state index contributed by atoms with van der Waals surface area (Å²) in [5.41, 5.74) is 2.18. The van der Waals surface area contributed by atoms with Crippen LogP contribution in [0, 0.1) is 6.92 Å². The number of amides is 1. The molecule has 3 rings (SSSR count). The first-order chi connectivity index (χ1) is 13.4. The third-order valence-electron chi connectivity index (χ3n) is 4.01. The van der Waals surface area contributed by atoms with Crippen molar-refractivity contribution in [1.82, 2.24) is 4.90 Å². The Balaban J connectivity index is 1.95. The molecule has 1 aliphatic heterocycles. The van der Waals surface area contributed by atoms with E-state index in [0.717, 1.165) is 11.1 Å². The number of aromatic carboxylic acids is 1. The second-order valence-electron chi connectivity index (χ2n) is 6.13. The maximum absolute atomic E-state index is 12.8. The van der Waals surface area contributed by atoms with Gasteiger partial charge in [-0.3, -0.25) is 9.69 Å². The maximum Gasteiger partial charge on any atom is 0.339 e. The normalized spacial score (nSPS) is 16.8. The second-order valence-corrected chi connectivity index (χ2v) is 7.14. The second kappa shape index (κ2) is 8.14. The number of nitrogens with zero attached hydrogens (tertiary/aromatic N) is 2. The Morgan fingerprint density at radius 2 is 1.96 bits per heavy atom. The predicted molar refractivity (Wildman–Crippen MR) is 111 cm³/mol. The van der Waals surface area contributed by atoms with Gasteiger partial charge in [0.25, 0.3) is 5.91 Å². The summed E-state index contributed by atoms with van der Waals surface area (Å²) in [5, 5.41) is 19.3. The van der Waals surface area contributed by atoms with Gasteiger partial charge in [0.15, 0.2) is 5.17 Å². The molecule has 2 aromatic carbocycles. The Morgan fingerprint density at radius 3 is 2.57 bits per heavy atom. The number of aromatic hydroxyl groups is 1. The zero-order chi connectivity index (χ0) is 20.3. The highest BCUT2D eigenvalue weighted by Gasteiger charge is 2.32. The molecule has 6 nitrogen and oxygen atoms in total. The topological polar surface area (TPSA) is 90.2 Å². The van der Waals surface area contributed by atoms with Crippen LogP contribution in [-0.2, 0) is 4.79 Å². The van der Waals surface area contributed by atoms with Crippen LogP contribution in [0.25, 0.3) is 6.08 Å². The molecule has 1 heterocycles. The molecule has 28 heavy (non-hydrogen) atoms. The van der Waals surface area contributed by atoms with E-state index >= 15 is 0 Å². The fourth-order valence-corrected chi connectivity index (χ4v) is 3.58. The lowest BCUT2D eigenvalue weighted by Crippen LogP contribution is -2.29. The molecule has 0 spiro atoms. The van der Waals surface area contributed by atoms with Gasteiger partial charge in [0.05, 0.1) is 10.6 Å². The Labute approximate surface area is 166 Å². The molecule has 2 aromatic rings. The molecule has 0 aromatic heterocycles. The Kier molecular flexibility index (Phi) is 5.65. The summed E-state index contributed by atoms with van der Waals surface area (Å²) >= 11 is 1.22. The van der Waals surface area contributed by atoms with Crippen LogP contribution in [0.1, 0.15) is 21.5 Å². The third kappa shape index (κ3) is 4.15. The van der Waals surface area contributed by atoms with Crippen molar-refractivity contribution in [2.45, 2.75) is 6.92 Å². The van der Waals surface area contributed by atoms with E-state index < -0.39 is 5.97 Å². The number of carboxylic acid groups (broad SMARTS) is 1. The van der Waals surface area contributed by atoms with E-state index in [1.165, 1.54) is 34.9 Å². The average Bonchev–Trinajstić information content (AvgIpc) is 2.92. The summed E-state index contributed by atoms with van der Waals surface area (Å²) < 4.78 is 0. The average molecular weight is 394 g/mol. The molecule has 0 bridgehead atoms. The number of carbonyl (C=O) groups is 2. The summed E-state index contributed by atoms with van der Waals surface area (Å²) in [6, 6.07) is 11.8. The standard InChI is InChI=1S/C21H18N2O4S/c1-3-10-23-19(25)18(11-14-6-4-13(2)5-7-14)28-21(23)22-15-8-9-16(20(26)27)17(24)12-15/h3-9,11-12,24H,1,10H2,2H3,(H,26,27)/b18-11-,22-21?. The van der Waals surface area contributed by atoms with Crippen molar-refractivity contribution < 1.29 is 19.8 Å². The maximum atomic E-state index is 12.8. The van der Waals surface area contributed by atoms with Gasteiger partial charge in [-0.05, 0) is 42.5 Å². The highest BCUT2D eigenvalue weighted by atomic mass is 32.2. The van der Waals surface area contributed by atoms with Gasteiger partial charge in [-0.2, -0.15) is 0 Å². The highest BCUT2D eigenvalue weighted by molar-refractivity contribution is 8.18. The summed E-state index contributed by atoms with van der Waals surface area (Å²) in [7, 11) is 0. The summed E-state index contributed by atoms with van der Waals surface area (Å²) in [6.45, 7) is 5.96. The first kappa shape index (κ1) is 19.4. The van der Waals surface area contributed by atoms with Gasteiger partial charge in [0, 0.05) is 12.6 Å². The lowest BCUT2D eigenvalue weighted by molar-refractivity contribution is -0.121. The smallest absolute Gasteiger partial charge is 0.339 e. The van der Waals surface area contributed by atoms with Gasteiger partial charge in [-0.15, -0.1) is 6.58 Å². The number of benzene rings is 2. The van der Waals surface area contributed by atoms with E-state index in [2.05, 4.69) is 11.6 Å². The number of carbonyl (C=O) groups excluding carboxylic acids is 1. The van der Waals surface area contributed by atoms with Crippen LogP contribution in [0.4, 0.5) is 5.69 Å². The molecule has 1 saturated heterocycles. The van der Waals surface area contributed by atoms with Gasteiger partial charge in [0.1, 0.15) is 11.3 Å². The molecule has 0 aliphatic carbocycles. The number of rotatable bonds is 5. The molecular formula is C21H18N2O4S. The fraction of sp³-hybridized carbons (Fsp3) is 0.0952. The lowest BCUT2D eigenvalue weighted by Gasteiger charge is -2.12. The Hall–Kier alpha value is -3.32. The van der Waals surface area contributed by atoms with Crippen LogP contribution in [-0.4, -0.2) is 38.7 Å². The Bertz CT molecular complexity index is 1010. The molecule has 1 fully saturated rings. The quantitative estimate of drug-likeness (QED) is 0.586. The van der Waals surface area contributed by atoms with Crippen molar-refractivity contribution in [3.05, 3.63) is 76.7 Å². The molecular weight excluding hydrogens is 376 g/mol. The van der Waals surface area contributed by atoms with Gasteiger partial charge in [0.2, 0.25) is 0 Å². The van der Waals surface area contributed by atoms with Crippen LogP contribution in [0.3, 0.4) is 0 Å². The number of phenols is 1. The van der Waals surface area contributed by atoms with Crippen molar-refractivity contribution in [3.63, 3.8) is 0 Å². The van der Waals surface area contributed by atoms with E-state index in [4.69, 9.17) is 5.11 Å². The summed E-state index contributed by atoms with van der Waals surface area (Å²) in [6.07, 6.45) is 3.41. The van der Waals surface area contributed by atoms with Crippen molar-refractivity contribution in [2.75, 3.05) is 6.54 Å². The number of aryl methyl sites for hydroxylation is 1. The van der Waals surface area contributed by atoms with E-state index in [1.807, 2.05) is 31.2 Å². The fourth-order valence-electron chi connectivity index (χ4n) is 2.58. The molecule has 1 aliphatic rings. The monoisotopic (exact) mass is 394 g/mol. The van der Waals surface area contributed by atoms with E-state index in [0.29, 0.717) is 15.8 Å². The van der Waals surface area contributed by atoms with Crippen molar-refractivity contribution in [1.29, 1.82) is 0 Å². The molecule has 2 N–H and O–H groups in total. The van der Waals surface area contributed by atoms with Crippen LogP contribution in [0.15, 0.2) is 65.0 Å². The molecule has 0 saturated carbocycles. The number of aliphatic imine (C=N–C) groups is 1. The lowest BCUT2D eigenvalue weighted by atomic mass is 10.1. The molecule has 1 amide bonds. The minimum absolute atomic E-state index is 0.185. The predicted octanol–water partition coefficient (Wildman–Crippen LogP) is 4.19. The summed E-state index contributed by atoms with van der Waals surface area (Å²) in [4.78, 5) is 30.2. The van der Waals surface area contributed by atoms with Crippen molar-refractivity contribution in [3.8, 4) is 5.75 Å². The minimum atomic E-state index is -1.22. The van der Waals surface area contributed by atoms with Gasteiger partial charge < -0.3 is 10.2 Å². The van der Waals surface area contributed by atoms with Crippen LogP contribution >= 0.6 is 11.8 Å². The Morgan fingerprint density at radius 1 is 1.25 bits per heavy atom. The third-order valence-corrected chi connectivity index (χ3v) is 5.02. The van der Waals surface area contributed by atoms with Crippen LogP contribution in [0.5, 0.6) is 5.75 Å². The number of carboxylic acids is 1. The number of hydrogen-bond acceptors (Lipinski definition) is 5. The number of hydrogen-bond donors (Lipinski definition) is 2. The van der Waals surface area contributed by atoms with Gasteiger partial charge >= 0.3 is 5.97 Å². The SMILES string of the molecule is C=CCN1C(=O)/C(=C/c2ccc(C)cc2)SC1=Nc1ccc(C(=O)O)c(O)c1. The van der Waals surface area contributed by atoms with E-state index in [-0.39, 0.29) is 23.8 Å². The summed E-state index contributed by atoms with van der Waals surface area (Å²) in [5.74, 6) is -1.79. The molecule has 7 heteroatoms. The van der Waals surface area contributed by atoms with Crippen LogP contribution < -0.4 is 0 Å². The van der Waals surface area contributed by atoms with E-state index in [1.54, 1.807) is 12.2 Å². The first-order valence-electron chi connectivity index (χ1n) is 8.43. The molecule has 0 unspecified atom stereocenters. The largest absolute Gasteiger partial charge is 0.507 e. The minimum Gasteiger partial charge on any atom is -0.507 e. The van der Waals surface area contributed by atoms with Gasteiger partial charge in [-0.25, -0.2) is 9.79 Å². The van der Waals surface area contributed by atoms with Crippen LogP contribution in [0.2, 0.25) is 0 Å². The van der Waals surface area contributed by atoms with E-state index in [9.17, 15) is 14.7 Å². The molecule has 142 valence electrons. The zero-order valence-corrected chi connectivity index (χ0v) is 15.9. The highest BCUT2D eigenvalue weighted by Crippen LogP contribution is 2.35. The first-order valence-corrected chi connectivity index (χ1v) is 9.24. The van der Waals surface area contributed by atoms with Crippen molar-refractivity contribution in [2.24, 2.45) is 4.99 Å². The van der Waals surface area contributed by atoms with Crippen molar-refractivity contribution >= 4 is 40.6 Å².